The fourth-order valence-corrected chi connectivity index (χ4v) is 1.65. The number of aliphatic hydroxyl groups excluding tert-OH is 1. The van der Waals surface area contributed by atoms with Crippen molar-refractivity contribution in [3.63, 3.8) is 0 Å². The molecule has 0 aliphatic rings. The van der Waals surface area contributed by atoms with Crippen molar-refractivity contribution in [2.24, 2.45) is 0 Å². The Balaban J connectivity index is 2.77. The predicted octanol–water partition coefficient (Wildman–Crippen LogP) is 2.23. The highest BCUT2D eigenvalue weighted by atomic mass is 16.5. The van der Waals surface area contributed by atoms with E-state index in [1.165, 1.54) is 6.33 Å². The van der Waals surface area contributed by atoms with Crippen LogP contribution >= 0.6 is 0 Å². The van der Waals surface area contributed by atoms with E-state index < -0.39 is 0 Å². The normalized spacial score (nSPS) is 11.3. The third-order valence-electron chi connectivity index (χ3n) is 3.15. The summed E-state index contributed by atoms with van der Waals surface area (Å²) in [6.07, 6.45) is 4.07. The molecule has 1 rings (SSSR count). The molecule has 2 N–H and O–H groups in total. The van der Waals surface area contributed by atoms with Gasteiger partial charge in [0.1, 0.15) is 12.1 Å². The van der Waals surface area contributed by atoms with E-state index in [1.54, 1.807) is 6.07 Å². The summed E-state index contributed by atoms with van der Waals surface area (Å²) in [5.74, 6) is 1.25. The van der Waals surface area contributed by atoms with Gasteiger partial charge < -0.3 is 15.2 Å². The van der Waals surface area contributed by atoms with Crippen LogP contribution in [0.4, 0.5) is 5.82 Å². The van der Waals surface area contributed by atoms with Crippen molar-refractivity contribution in [2.75, 3.05) is 18.5 Å². The minimum Gasteiger partial charge on any atom is -0.478 e. The van der Waals surface area contributed by atoms with Crippen LogP contribution in [0.5, 0.6) is 5.88 Å². The molecule has 18 heavy (non-hydrogen) atoms. The fourth-order valence-electron chi connectivity index (χ4n) is 1.65. The molecule has 5 heteroatoms. The van der Waals surface area contributed by atoms with Crippen molar-refractivity contribution in [1.82, 2.24) is 9.97 Å². The fraction of sp³-hybridized carbons (Fsp3) is 0.692. The van der Waals surface area contributed by atoms with Crippen LogP contribution in [0.1, 0.15) is 40.0 Å². The molecule has 0 saturated carbocycles. The van der Waals surface area contributed by atoms with E-state index in [-0.39, 0.29) is 12.1 Å². The number of ether oxygens (including phenoxy) is 1. The maximum atomic E-state index is 9.51. The van der Waals surface area contributed by atoms with Gasteiger partial charge in [-0.05, 0) is 19.3 Å². The van der Waals surface area contributed by atoms with Crippen molar-refractivity contribution >= 4 is 5.82 Å². The van der Waals surface area contributed by atoms with Gasteiger partial charge >= 0.3 is 0 Å². The largest absolute Gasteiger partial charge is 0.478 e. The van der Waals surface area contributed by atoms with Gasteiger partial charge in [-0.3, -0.25) is 0 Å². The first kappa shape index (κ1) is 14.7. The van der Waals surface area contributed by atoms with E-state index >= 15 is 0 Å². The van der Waals surface area contributed by atoms with E-state index in [0.29, 0.717) is 18.3 Å². The molecule has 0 atom stereocenters. The number of nitrogens with zero attached hydrogens (tertiary/aromatic N) is 2. The van der Waals surface area contributed by atoms with Gasteiger partial charge in [-0.1, -0.05) is 20.8 Å². The van der Waals surface area contributed by atoms with E-state index in [9.17, 15) is 5.11 Å². The first-order valence-electron chi connectivity index (χ1n) is 6.53. The average Bonchev–Trinajstić information content (AvgIpc) is 2.43. The van der Waals surface area contributed by atoms with Crippen LogP contribution in [-0.4, -0.2) is 33.8 Å². The molecule has 1 aromatic heterocycles. The molecule has 0 spiro atoms. The summed E-state index contributed by atoms with van der Waals surface area (Å²) >= 11 is 0. The van der Waals surface area contributed by atoms with Crippen molar-refractivity contribution in [1.29, 1.82) is 0 Å². The van der Waals surface area contributed by atoms with Crippen molar-refractivity contribution in [3.8, 4) is 5.88 Å². The van der Waals surface area contributed by atoms with Gasteiger partial charge in [0.2, 0.25) is 5.88 Å². The third kappa shape index (κ3) is 3.84. The van der Waals surface area contributed by atoms with Crippen LogP contribution in [0.25, 0.3) is 0 Å². The van der Waals surface area contributed by atoms with Gasteiger partial charge in [0.25, 0.3) is 0 Å². The van der Waals surface area contributed by atoms with Crippen molar-refractivity contribution in [3.05, 3.63) is 12.4 Å². The lowest BCUT2D eigenvalue weighted by atomic mass is 9.94. The molecule has 0 radical (unpaired) electrons. The van der Waals surface area contributed by atoms with Gasteiger partial charge in [-0.15, -0.1) is 0 Å². The summed E-state index contributed by atoms with van der Waals surface area (Å²) in [6, 6.07) is 1.77. The summed E-state index contributed by atoms with van der Waals surface area (Å²) in [5, 5.41) is 12.8. The molecule has 0 saturated heterocycles. The second-order valence-corrected chi connectivity index (χ2v) is 4.36. The maximum absolute atomic E-state index is 9.51. The molecule has 1 aromatic rings. The molecule has 0 unspecified atom stereocenters. The molecular weight excluding hydrogens is 230 g/mol. The zero-order chi connectivity index (χ0) is 13.4. The highest BCUT2D eigenvalue weighted by molar-refractivity contribution is 5.40. The highest BCUT2D eigenvalue weighted by Gasteiger charge is 2.25. The number of aromatic nitrogens is 2. The molecule has 5 nitrogen and oxygen atoms in total. The number of nitrogens with one attached hydrogen (secondary N) is 1. The zero-order valence-corrected chi connectivity index (χ0v) is 11.4. The monoisotopic (exact) mass is 253 g/mol. The SMILES string of the molecule is CCCOc1cc(NC(CC)(CC)CO)ncn1. The molecule has 0 aromatic carbocycles. The molecule has 0 aliphatic carbocycles. The Morgan fingerprint density at radius 1 is 1.28 bits per heavy atom. The van der Waals surface area contributed by atoms with Gasteiger partial charge in [-0.25, -0.2) is 9.97 Å². The van der Waals surface area contributed by atoms with Crippen LogP contribution < -0.4 is 10.1 Å². The van der Waals surface area contributed by atoms with E-state index in [1.807, 2.05) is 20.8 Å². The van der Waals surface area contributed by atoms with Crippen molar-refractivity contribution in [2.45, 2.75) is 45.6 Å². The Morgan fingerprint density at radius 2 is 2.00 bits per heavy atom. The predicted molar refractivity (Wildman–Crippen MR) is 71.8 cm³/mol. The Bertz CT molecular complexity index is 346. The highest BCUT2D eigenvalue weighted by Crippen LogP contribution is 2.22. The Kier molecular flexibility index (Phi) is 5.85. The number of aliphatic hydroxyl groups is 1. The second-order valence-electron chi connectivity index (χ2n) is 4.36. The molecule has 0 bridgehead atoms. The van der Waals surface area contributed by atoms with Gasteiger partial charge in [0, 0.05) is 6.07 Å². The van der Waals surface area contributed by atoms with Crippen LogP contribution in [-0.2, 0) is 0 Å². The number of hydrogen-bond donors (Lipinski definition) is 2. The van der Waals surface area contributed by atoms with Crippen molar-refractivity contribution < 1.29 is 9.84 Å². The molecule has 0 amide bonds. The standard InChI is InChI=1S/C13H23N3O2/c1-4-7-18-12-8-11(14-10-15-12)16-13(5-2,6-3)9-17/h8,10,17H,4-7,9H2,1-3H3,(H,14,15,16). The summed E-state index contributed by atoms with van der Waals surface area (Å²) in [5.41, 5.74) is -0.323. The van der Waals surface area contributed by atoms with Gasteiger partial charge in [0.05, 0.1) is 18.8 Å². The first-order valence-corrected chi connectivity index (χ1v) is 6.53. The Morgan fingerprint density at radius 3 is 2.56 bits per heavy atom. The first-order chi connectivity index (χ1) is 8.69. The smallest absolute Gasteiger partial charge is 0.218 e. The number of rotatable bonds is 8. The van der Waals surface area contributed by atoms with Gasteiger partial charge in [0.15, 0.2) is 0 Å². The Labute approximate surface area is 109 Å². The second kappa shape index (κ2) is 7.16. The summed E-state index contributed by atoms with van der Waals surface area (Å²) < 4.78 is 5.46. The number of hydrogen-bond acceptors (Lipinski definition) is 5. The minimum absolute atomic E-state index is 0.0785. The molecule has 102 valence electrons. The topological polar surface area (TPSA) is 67.3 Å². The minimum atomic E-state index is -0.323. The molecule has 1 heterocycles. The zero-order valence-electron chi connectivity index (χ0n) is 11.4. The number of anilines is 1. The van der Waals surface area contributed by atoms with Crippen LogP contribution in [0, 0.1) is 0 Å². The molecule has 0 aliphatic heterocycles. The lowest BCUT2D eigenvalue weighted by Crippen LogP contribution is -2.41. The lowest BCUT2D eigenvalue weighted by Gasteiger charge is -2.31. The van der Waals surface area contributed by atoms with Crippen LogP contribution in [0.3, 0.4) is 0 Å². The van der Waals surface area contributed by atoms with E-state index in [0.717, 1.165) is 19.3 Å². The van der Waals surface area contributed by atoms with Crippen LogP contribution in [0.2, 0.25) is 0 Å². The molecule has 0 fully saturated rings. The third-order valence-corrected chi connectivity index (χ3v) is 3.15. The van der Waals surface area contributed by atoms with Gasteiger partial charge in [-0.2, -0.15) is 0 Å². The van der Waals surface area contributed by atoms with E-state index in [2.05, 4.69) is 15.3 Å². The average molecular weight is 253 g/mol. The summed E-state index contributed by atoms with van der Waals surface area (Å²) in [7, 11) is 0. The van der Waals surface area contributed by atoms with Crippen LogP contribution in [0.15, 0.2) is 12.4 Å². The quantitative estimate of drug-likeness (QED) is 0.743. The van der Waals surface area contributed by atoms with E-state index in [4.69, 9.17) is 4.74 Å². The summed E-state index contributed by atoms with van der Waals surface area (Å²) in [4.78, 5) is 8.21. The Hall–Kier alpha value is -1.36. The maximum Gasteiger partial charge on any atom is 0.218 e. The lowest BCUT2D eigenvalue weighted by molar-refractivity contribution is 0.202. The summed E-state index contributed by atoms with van der Waals surface area (Å²) in [6.45, 7) is 6.86. The molecular formula is C13H23N3O2.